The summed E-state index contributed by atoms with van der Waals surface area (Å²) in [5.41, 5.74) is -1.77. The van der Waals surface area contributed by atoms with Gasteiger partial charge in [-0.25, -0.2) is 4.98 Å². The van der Waals surface area contributed by atoms with E-state index in [9.17, 15) is 13.2 Å². The van der Waals surface area contributed by atoms with Crippen molar-refractivity contribution in [3.8, 4) is 0 Å². The SMILES string of the molecule is FC(F)(F)C1(c2n[nH]c(CC3CCNCC3)n2)CC1. The average Bonchev–Trinajstić information content (AvgIpc) is 3.07. The second kappa shape index (κ2) is 4.47. The summed E-state index contributed by atoms with van der Waals surface area (Å²) in [6.45, 7) is 1.94. The molecule has 1 saturated carbocycles. The van der Waals surface area contributed by atoms with Crippen molar-refractivity contribution in [3.63, 3.8) is 0 Å². The third-order valence-electron chi connectivity index (χ3n) is 4.19. The molecular formula is C12H17F3N4. The molecule has 0 unspecified atom stereocenters. The molecule has 2 heterocycles. The van der Waals surface area contributed by atoms with Crippen LogP contribution in [0.25, 0.3) is 0 Å². The largest absolute Gasteiger partial charge is 0.401 e. The Kier molecular flexibility index (Phi) is 3.03. The van der Waals surface area contributed by atoms with Crippen molar-refractivity contribution in [1.82, 2.24) is 20.5 Å². The maximum Gasteiger partial charge on any atom is 0.401 e. The molecule has 0 aromatic carbocycles. The van der Waals surface area contributed by atoms with E-state index >= 15 is 0 Å². The molecule has 2 N–H and O–H groups in total. The number of halogens is 3. The molecule has 0 atom stereocenters. The van der Waals surface area contributed by atoms with E-state index in [-0.39, 0.29) is 18.7 Å². The highest BCUT2D eigenvalue weighted by molar-refractivity contribution is 5.21. The number of H-pyrrole nitrogens is 1. The lowest BCUT2D eigenvalue weighted by molar-refractivity contribution is -0.162. The number of nitrogens with zero attached hydrogens (tertiary/aromatic N) is 2. The van der Waals surface area contributed by atoms with E-state index in [0.29, 0.717) is 18.2 Å². The molecule has 1 aliphatic carbocycles. The first kappa shape index (κ1) is 12.9. The van der Waals surface area contributed by atoms with Crippen molar-refractivity contribution in [1.29, 1.82) is 0 Å². The number of piperidine rings is 1. The second-order valence-electron chi connectivity index (χ2n) is 5.58. The molecule has 0 spiro atoms. The highest BCUT2D eigenvalue weighted by Crippen LogP contribution is 2.57. The van der Waals surface area contributed by atoms with Gasteiger partial charge in [-0.1, -0.05) is 0 Å². The summed E-state index contributed by atoms with van der Waals surface area (Å²) in [5.74, 6) is 1.02. The van der Waals surface area contributed by atoms with Gasteiger partial charge in [-0.3, -0.25) is 5.10 Å². The zero-order valence-corrected chi connectivity index (χ0v) is 10.6. The van der Waals surface area contributed by atoms with Gasteiger partial charge in [-0.2, -0.15) is 18.3 Å². The fraction of sp³-hybridized carbons (Fsp3) is 0.833. The fourth-order valence-corrected chi connectivity index (χ4v) is 2.72. The van der Waals surface area contributed by atoms with Crippen LogP contribution in [0.1, 0.15) is 37.3 Å². The van der Waals surface area contributed by atoms with Crippen LogP contribution < -0.4 is 5.32 Å². The number of aromatic amines is 1. The van der Waals surface area contributed by atoms with E-state index in [0.717, 1.165) is 25.9 Å². The second-order valence-corrected chi connectivity index (χ2v) is 5.58. The monoisotopic (exact) mass is 274 g/mol. The van der Waals surface area contributed by atoms with Gasteiger partial charge in [0.15, 0.2) is 5.82 Å². The maximum atomic E-state index is 12.9. The van der Waals surface area contributed by atoms with Gasteiger partial charge in [0.2, 0.25) is 0 Å². The van der Waals surface area contributed by atoms with Gasteiger partial charge in [0, 0.05) is 6.42 Å². The summed E-state index contributed by atoms with van der Waals surface area (Å²) in [5, 5.41) is 9.77. The molecule has 19 heavy (non-hydrogen) atoms. The van der Waals surface area contributed by atoms with Gasteiger partial charge in [0.1, 0.15) is 11.2 Å². The smallest absolute Gasteiger partial charge is 0.317 e. The number of nitrogens with one attached hydrogen (secondary N) is 2. The van der Waals surface area contributed by atoms with Gasteiger partial charge < -0.3 is 5.32 Å². The molecule has 2 aliphatic rings. The number of hydrogen-bond acceptors (Lipinski definition) is 3. The van der Waals surface area contributed by atoms with E-state index in [2.05, 4.69) is 20.5 Å². The minimum Gasteiger partial charge on any atom is -0.317 e. The lowest BCUT2D eigenvalue weighted by Crippen LogP contribution is -2.30. The van der Waals surface area contributed by atoms with Crippen molar-refractivity contribution < 1.29 is 13.2 Å². The third kappa shape index (κ3) is 2.35. The van der Waals surface area contributed by atoms with Crippen LogP contribution in [0.2, 0.25) is 0 Å². The molecule has 0 amide bonds. The highest BCUT2D eigenvalue weighted by atomic mass is 19.4. The summed E-state index contributed by atoms with van der Waals surface area (Å²) >= 11 is 0. The Labute approximate surface area is 109 Å². The molecule has 0 bridgehead atoms. The topological polar surface area (TPSA) is 53.6 Å². The zero-order chi connectivity index (χ0) is 13.5. The molecule has 0 radical (unpaired) electrons. The van der Waals surface area contributed by atoms with Crippen molar-refractivity contribution >= 4 is 0 Å². The van der Waals surface area contributed by atoms with Crippen LogP contribution >= 0.6 is 0 Å². The highest BCUT2D eigenvalue weighted by Gasteiger charge is 2.66. The van der Waals surface area contributed by atoms with Gasteiger partial charge in [-0.15, -0.1) is 0 Å². The average molecular weight is 274 g/mol. The number of hydrogen-bond donors (Lipinski definition) is 2. The van der Waals surface area contributed by atoms with E-state index in [1.807, 2.05) is 0 Å². The van der Waals surface area contributed by atoms with Crippen LogP contribution in [0.15, 0.2) is 0 Å². The lowest BCUT2D eigenvalue weighted by Gasteiger charge is -2.21. The molecule has 106 valence electrons. The molecule has 2 fully saturated rings. The summed E-state index contributed by atoms with van der Waals surface area (Å²) < 4.78 is 38.8. The minimum absolute atomic E-state index is 0.0658. The van der Waals surface area contributed by atoms with Crippen LogP contribution in [0.4, 0.5) is 13.2 Å². The van der Waals surface area contributed by atoms with E-state index in [1.165, 1.54) is 0 Å². The lowest BCUT2D eigenvalue weighted by atomic mass is 9.94. The van der Waals surface area contributed by atoms with E-state index < -0.39 is 11.6 Å². The Morgan fingerprint density at radius 3 is 2.47 bits per heavy atom. The Morgan fingerprint density at radius 1 is 1.21 bits per heavy atom. The van der Waals surface area contributed by atoms with E-state index in [1.54, 1.807) is 0 Å². The van der Waals surface area contributed by atoms with Crippen LogP contribution in [-0.2, 0) is 11.8 Å². The van der Waals surface area contributed by atoms with Gasteiger partial charge in [0.05, 0.1) is 0 Å². The first-order chi connectivity index (χ1) is 9.01. The van der Waals surface area contributed by atoms with Crippen molar-refractivity contribution in [3.05, 3.63) is 11.6 Å². The maximum absolute atomic E-state index is 12.9. The van der Waals surface area contributed by atoms with Gasteiger partial charge >= 0.3 is 6.18 Å². The molecule has 1 aromatic heterocycles. The Morgan fingerprint density at radius 2 is 1.89 bits per heavy atom. The van der Waals surface area contributed by atoms with Gasteiger partial charge in [0.25, 0.3) is 0 Å². The number of rotatable bonds is 3. The van der Waals surface area contributed by atoms with Crippen molar-refractivity contribution in [2.75, 3.05) is 13.1 Å². The standard InChI is InChI=1S/C12H17F3N4/c13-12(14,15)11(3-4-11)10-17-9(18-19-10)7-8-1-5-16-6-2-8/h8,16H,1-7H2,(H,17,18,19). The predicted octanol–water partition coefficient (Wildman–Crippen LogP) is 1.94. The van der Waals surface area contributed by atoms with Crippen molar-refractivity contribution in [2.45, 2.75) is 43.7 Å². The normalized spacial score (nSPS) is 23.5. The molecule has 3 rings (SSSR count). The predicted molar refractivity (Wildman–Crippen MR) is 62.6 cm³/mol. The van der Waals surface area contributed by atoms with E-state index in [4.69, 9.17) is 0 Å². The van der Waals surface area contributed by atoms with Crippen LogP contribution in [-0.4, -0.2) is 34.4 Å². The van der Waals surface area contributed by atoms with Crippen molar-refractivity contribution in [2.24, 2.45) is 5.92 Å². The minimum atomic E-state index is -4.23. The first-order valence-electron chi connectivity index (χ1n) is 6.70. The van der Waals surface area contributed by atoms with Crippen LogP contribution in [0.3, 0.4) is 0 Å². The van der Waals surface area contributed by atoms with Crippen LogP contribution in [0.5, 0.6) is 0 Å². The molecule has 1 saturated heterocycles. The van der Waals surface area contributed by atoms with Gasteiger partial charge in [-0.05, 0) is 44.7 Å². The Hall–Kier alpha value is -1.11. The summed E-state index contributed by atoms with van der Waals surface area (Å²) in [6.07, 6.45) is -1.23. The third-order valence-corrected chi connectivity index (χ3v) is 4.19. The fourth-order valence-electron chi connectivity index (χ4n) is 2.72. The summed E-state index contributed by atoms with van der Waals surface area (Å²) in [4.78, 5) is 4.10. The molecule has 7 heteroatoms. The summed E-state index contributed by atoms with van der Waals surface area (Å²) in [7, 11) is 0. The molecular weight excluding hydrogens is 257 g/mol. The number of alkyl halides is 3. The Balaban J connectivity index is 1.70. The quantitative estimate of drug-likeness (QED) is 0.885. The number of aromatic nitrogens is 3. The first-order valence-corrected chi connectivity index (χ1v) is 6.70. The zero-order valence-electron chi connectivity index (χ0n) is 10.6. The molecule has 1 aromatic rings. The molecule has 4 nitrogen and oxygen atoms in total. The molecule has 1 aliphatic heterocycles. The van der Waals surface area contributed by atoms with Crippen LogP contribution in [0, 0.1) is 5.92 Å². The summed E-state index contributed by atoms with van der Waals surface area (Å²) in [6, 6.07) is 0. The Bertz CT molecular complexity index is 444.